The van der Waals surface area contributed by atoms with Crippen molar-refractivity contribution < 1.29 is 0 Å². The van der Waals surface area contributed by atoms with Crippen LogP contribution in [0, 0.1) is 0 Å². The molecule has 0 aliphatic heterocycles. The summed E-state index contributed by atoms with van der Waals surface area (Å²) < 4.78 is 0. The van der Waals surface area contributed by atoms with Gasteiger partial charge in [-0.1, -0.05) is 158 Å². The van der Waals surface area contributed by atoms with Gasteiger partial charge in [0.15, 0.2) is 0 Å². The molecule has 14 aromatic rings. The summed E-state index contributed by atoms with van der Waals surface area (Å²) in [7, 11) is 0. The molecule has 0 unspecified atom stereocenters. The maximum atomic E-state index is 4.90. The van der Waals surface area contributed by atoms with Gasteiger partial charge in [-0.15, -0.1) is 20.4 Å². The Bertz CT molecular complexity index is 4090. The number of anilines is 6. The molecule has 0 radical (unpaired) electrons. The van der Waals surface area contributed by atoms with Crippen molar-refractivity contribution in [3.05, 3.63) is 279 Å². The average molecular weight is 975 g/mol. The maximum Gasteiger partial charge on any atom is 0.114 e. The van der Waals surface area contributed by atoms with Gasteiger partial charge in [-0.2, -0.15) is 9.59 Å². The largest absolute Gasteiger partial charge is 0.310 e. The molecule has 0 saturated heterocycles. The highest BCUT2D eigenvalue weighted by molar-refractivity contribution is 5.92. The molecule has 0 amide bonds. The second-order valence-corrected chi connectivity index (χ2v) is 19.0. The molecule has 0 aliphatic rings. The van der Waals surface area contributed by atoms with Crippen LogP contribution in [-0.4, -0.2) is 30.0 Å². The molecule has 0 N–H and O–H groups in total. The minimum atomic E-state index is 0.848. The van der Waals surface area contributed by atoms with E-state index in [1.54, 1.807) is 9.59 Å². The van der Waals surface area contributed by atoms with E-state index in [1.807, 2.05) is 24.3 Å². The third-order valence-electron chi connectivity index (χ3n) is 14.2. The number of aromatic nitrogens is 6. The number of benzene rings is 12. The van der Waals surface area contributed by atoms with Crippen molar-refractivity contribution in [1.29, 1.82) is 0 Å². The highest BCUT2D eigenvalue weighted by atomic mass is 15.5. The Morgan fingerprint density at radius 1 is 0.211 bits per heavy atom. The molecule has 0 spiro atoms. The van der Waals surface area contributed by atoms with Crippen LogP contribution in [0.5, 0.6) is 0 Å². The van der Waals surface area contributed by atoms with Gasteiger partial charge in [0, 0.05) is 34.1 Å². The second kappa shape index (κ2) is 18.9. The first kappa shape index (κ1) is 44.3. The van der Waals surface area contributed by atoms with E-state index in [4.69, 9.17) is 20.4 Å². The van der Waals surface area contributed by atoms with Crippen molar-refractivity contribution in [2.45, 2.75) is 0 Å². The van der Waals surface area contributed by atoms with E-state index in [9.17, 15) is 0 Å². The van der Waals surface area contributed by atoms with Crippen LogP contribution >= 0.6 is 0 Å². The zero-order valence-corrected chi connectivity index (χ0v) is 41.1. The van der Waals surface area contributed by atoms with E-state index in [1.165, 1.54) is 21.5 Å². The molecule has 8 nitrogen and oxygen atoms in total. The van der Waals surface area contributed by atoms with E-state index in [2.05, 4.69) is 265 Å². The van der Waals surface area contributed by atoms with Gasteiger partial charge >= 0.3 is 0 Å². The van der Waals surface area contributed by atoms with Gasteiger partial charge in [0.25, 0.3) is 0 Å². The molecular weight excluding hydrogens is 929 g/mol. The first-order valence-corrected chi connectivity index (χ1v) is 25.4. The molecule has 2 aromatic heterocycles. The van der Waals surface area contributed by atoms with Gasteiger partial charge in [0.1, 0.15) is 22.1 Å². The number of nitrogens with zero attached hydrogens (tertiary/aromatic N) is 8. The number of hydrogen-bond acceptors (Lipinski definition) is 6. The van der Waals surface area contributed by atoms with Gasteiger partial charge in [0.2, 0.25) is 0 Å². The molecule has 0 saturated carbocycles. The zero-order valence-electron chi connectivity index (χ0n) is 41.1. The van der Waals surface area contributed by atoms with Gasteiger partial charge in [-0.05, 0) is 176 Å². The Balaban J connectivity index is 0.765. The van der Waals surface area contributed by atoms with Crippen molar-refractivity contribution in [3.63, 3.8) is 0 Å². The third kappa shape index (κ3) is 8.45. The summed E-state index contributed by atoms with van der Waals surface area (Å²) in [6, 6.07) is 98.2. The average Bonchev–Trinajstić information content (AvgIpc) is 4.15. The first-order chi connectivity index (χ1) is 37.6. The Morgan fingerprint density at radius 2 is 0.513 bits per heavy atom. The van der Waals surface area contributed by atoms with Crippen molar-refractivity contribution >= 4 is 77.7 Å². The molecule has 0 aliphatic carbocycles. The van der Waals surface area contributed by atoms with Crippen LogP contribution in [0.2, 0.25) is 0 Å². The highest BCUT2D eigenvalue weighted by Crippen LogP contribution is 2.40. The van der Waals surface area contributed by atoms with E-state index in [0.717, 1.165) is 101 Å². The Hall–Kier alpha value is -10.4. The van der Waals surface area contributed by atoms with Crippen molar-refractivity contribution in [2.75, 3.05) is 9.80 Å². The van der Waals surface area contributed by atoms with E-state index >= 15 is 0 Å². The molecule has 0 fully saturated rings. The summed E-state index contributed by atoms with van der Waals surface area (Å²) in [5.74, 6) is 0. The standard InChI is InChI=1S/C68H46N8/c1-3-11-47(12-4-1)55-25-41-65-67(45-55)71-75(69-65)61-37-33-59(34-38-61)73(63-31-23-49-15-7-9-17-53(49)43-63)57-27-19-51(20-28-57)52-21-29-58(30-22-52)74(64-32-24-50-16-8-10-18-54(50)44-64)60-35-39-62(40-36-60)76-70-66-42-26-56(46-68(66)72-76)48-13-5-2-6-14-48/h1-46H. The molecule has 0 bridgehead atoms. The number of hydrogen-bond donors (Lipinski definition) is 0. The minimum Gasteiger partial charge on any atom is -0.310 e. The lowest BCUT2D eigenvalue weighted by Gasteiger charge is -2.27. The van der Waals surface area contributed by atoms with Crippen LogP contribution in [0.1, 0.15) is 0 Å². The lowest BCUT2D eigenvalue weighted by Crippen LogP contribution is -2.10. The first-order valence-electron chi connectivity index (χ1n) is 25.4. The van der Waals surface area contributed by atoms with Crippen LogP contribution in [0.3, 0.4) is 0 Å². The van der Waals surface area contributed by atoms with Crippen molar-refractivity contribution in [2.24, 2.45) is 0 Å². The monoisotopic (exact) mass is 974 g/mol. The molecule has 2 heterocycles. The molecular formula is C68H46N8. The van der Waals surface area contributed by atoms with E-state index < -0.39 is 0 Å². The second-order valence-electron chi connectivity index (χ2n) is 19.0. The summed E-state index contributed by atoms with van der Waals surface area (Å²) in [4.78, 5) is 8.07. The SMILES string of the molecule is c1ccc(-c2ccc3nn(-c4ccc(N(c5ccc(-c6ccc(N(c7ccc(-n8nc9ccc(-c%10ccccc%10)cc9n8)cc7)c7ccc8ccccc8c7)cc6)cc5)c5ccc6ccccc6c5)cc4)nc3c2)cc1. The summed E-state index contributed by atoms with van der Waals surface area (Å²) in [6.45, 7) is 0. The molecule has 14 rings (SSSR count). The molecule has 8 heteroatoms. The summed E-state index contributed by atoms with van der Waals surface area (Å²) in [6.07, 6.45) is 0. The topological polar surface area (TPSA) is 67.9 Å². The normalized spacial score (nSPS) is 11.4. The lowest BCUT2D eigenvalue weighted by molar-refractivity contribution is 0.765. The van der Waals surface area contributed by atoms with Crippen molar-refractivity contribution in [1.82, 2.24) is 30.0 Å². The van der Waals surface area contributed by atoms with Gasteiger partial charge in [0.05, 0.1) is 11.4 Å². The predicted octanol–water partition coefficient (Wildman–Crippen LogP) is 17.4. The van der Waals surface area contributed by atoms with Gasteiger partial charge in [-0.3, -0.25) is 0 Å². The lowest BCUT2D eigenvalue weighted by atomic mass is 10.0. The predicted molar refractivity (Wildman–Crippen MR) is 312 cm³/mol. The number of rotatable bonds is 11. The third-order valence-corrected chi connectivity index (χ3v) is 14.2. The number of fused-ring (bicyclic) bond motifs is 4. The van der Waals surface area contributed by atoms with E-state index in [-0.39, 0.29) is 0 Å². The Morgan fingerprint density at radius 3 is 0.908 bits per heavy atom. The van der Waals surface area contributed by atoms with Crippen molar-refractivity contribution in [3.8, 4) is 44.8 Å². The van der Waals surface area contributed by atoms with Crippen LogP contribution in [0.25, 0.3) is 88.4 Å². The zero-order chi connectivity index (χ0) is 50.4. The quantitative estimate of drug-likeness (QED) is 0.129. The van der Waals surface area contributed by atoms with Gasteiger partial charge in [-0.25, -0.2) is 0 Å². The van der Waals surface area contributed by atoms with Crippen LogP contribution < -0.4 is 9.80 Å². The summed E-state index contributed by atoms with van der Waals surface area (Å²) in [5.41, 5.74) is 18.2. The van der Waals surface area contributed by atoms with Crippen LogP contribution in [-0.2, 0) is 0 Å². The summed E-state index contributed by atoms with van der Waals surface area (Å²) >= 11 is 0. The minimum absolute atomic E-state index is 0.848. The smallest absolute Gasteiger partial charge is 0.114 e. The highest BCUT2D eigenvalue weighted by Gasteiger charge is 2.18. The molecule has 12 aromatic carbocycles. The maximum absolute atomic E-state index is 4.90. The van der Waals surface area contributed by atoms with Gasteiger partial charge < -0.3 is 9.80 Å². The molecule has 76 heavy (non-hydrogen) atoms. The fourth-order valence-corrected chi connectivity index (χ4v) is 10.3. The molecule has 0 atom stereocenters. The Labute approximate surface area is 439 Å². The van der Waals surface area contributed by atoms with E-state index in [0.29, 0.717) is 0 Å². The van der Waals surface area contributed by atoms with Crippen LogP contribution in [0.15, 0.2) is 279 Å². The fraction of sp³-hybridized carbons (Fsp3) is 0. The Kier molecular flexibility index (Phi) is 11.0. The molecule has 358 valence electrons. The fourth-order valence-electron chi connectivity index (χ4n) is 10.3. The van der Waals surface area contributed by atoms with Crippen LogP contribution in [0.4, 0.5) is 34.1 Å². The summed E-state index contributed by atoms with van der Waals surface area (Å²) in [5, 5.41) is 24.3.